The highest BCUT2D eigenvalue weighted by Gasteiger charge is 2.20. The first kappa shape index (κ1) is 29.2. The highest BCUT2D eigenvalue weighted by Crippen LogP contribution is 2.32. The molecule has 1 amide bonds. The average molecular weight is 565 g/mol. The number of aliphatic carboxylic acids is 1. The first-order chi connectivity index (χ1) is 18.9. The van der Waals surface area contributed by atoms with Gasteiger partial charge in [0.1, 0.15) is 0 Å². The van der Waals surface area contributed by atoms with Crippen LogP contribution >= 0.6 is 11.6 Å². The third-order valence-corrected chi connectivity index (χ3v) is 7.76. The quantitative estimate of drug-likeness (QED) is 0.220. The number of hydrogen-bond donors (Lipinski definition) is 2. The van der Waals surface area contributed by atoms with E-state index >= 15 is 0 Å². The Balaban J connectivity index is 1.61. The normalized spacial score (nSPS) is 12.9. The molecule has 8 heteroatoms. The number of halogens is 2. The van der Waals surface area contributed by atoms with E-state index in [1.54, 1.807) is 6.07 Å². The number of nitrogens with zero attached hydrogens (tertiary/aromatic N) is 1. The van der Waals surface area contributed by atoms with Gasteiger partial charge in [-0.15, -0.1) is 0 Å². The molecule has 0 fully saturated rings. The summed E-state index contributed by atoms with van der Waals surface area (Å²) in [6, 6.07) is 16.3. The lowest BCUT2D eigenvalue weighted by molar-refractivity contribution is -0.144. The summed E-state index contributed by atoms with van der Waals surface area (Å²) in [5, 5.41) is 13.4. The summed E-state index contributed by atoms with van der Waals surface area (Å²) < 4.78 is 21.8. The molecule has 3 aromatic carbocycles. The van der Waals surface area contributed by atoms with Gasteiger partial charge in [0.05, 0.1) is 6.04 Å². The second-order valence-corrected chi connectivity index (χ2v) is 10.9. The molecule has 1 aromatic heterocycles. The number of carboxylic acids is 1. The van der Waals surface area contributed by atoms with E-state index in [1.807, 2.05) is 49.6 Å². The molecule has 0 aliphatic carbocycles. The standard InChI is InChI=1S/C32H34ClFN2O4/c1-17(2)22-8-7-9-23(12-22)19(4)35-31(37)24-10-11-29-26(13-24)18(3)20(5)36(29)16-25-14-30(28(34)15-27(25)33)40-21(6)32(38)39/h7-15,17,19,21H,16H2,1-6H3,(H,35,37)(H,38,39)/t19-,21-/m0/s1. The number of fused-ring (bicyclic) bond motifs is 1. The number of benzene rings is 3. The first-order valence-electron chi connectivity index (χ1n) is 13.2. The molecule has 0 spiro atoms. The minimum Gasteiger partial charge on any atom is -0.479 e. The highest BCUT2D eigenvalue weighted by molar-refractivity contribution is 6.31. The maximum atomic E-state index is 14.5. The first-order valence-corrected chi connectivity index (χ1v) is 13.6. The number of hydrogen-bond acceptors (Lipinski definition) is 3. The van der Waals surface area contributed by atoms with Gasteiger partial charge in [0, 0.05) is 33.7 Å². The van der Waals surface area contributed by atoms with E-state index in [9.17, 15) is 14.0 Å². The summed E-state index contributed by atoms with van der Waals surface area (Å²) in [6.45, 7) is 11.9. The Morgan fingerprint density at radius 2 is 1.73 bits per heavy atom. The van der Waals surface area contributed by atoms with Gasteiger partial charge in [-0.1, -0.05) is 49.7 Å². The van der Waals surface area contributed by atoms with Crippen molar-refractivity contribution in [3.8, 4) is 5.75 Å². The van der Waals surface area contributed by atoms with Gasteiger partial charge in [-0.25, -0.2) is 9.18 Å². The van der Waals surface area contributed by atoms with Crippen LogP contribution in [0.25, 0.3) is 10.9 Å². The second-order valence-electron chi connectivity index (χ2n) is 10.5. The van der Waals surface area contributed by atoms with Gasteiger partial charge in [0.15, 0.2) is 17.7 Å². The highest BCUT2D eigenvalue weighted by atomic mass is 35.5. The molecule has 4 aromatic rings. The minimum absolute atomic E-state index is 0.157. The molecule has 210 valence electrons. The van der Waals surface area contributed by atoms with Crippen LogP contribution in [0.5, 0.6) is 5.75 Å². The van der Waals surface area contributed by atoms with Crippen LogP contribution in [0.15, 0.2) is 54.6 Å². The monoisotopic (exact) mass is 564 g/mol. The molecule has 0 aliphatic heterocycles. The Kier molecular flexibility index (Phi) is 8.54. The van der Waals surface area contributed by atoms with Gasteiger partial charge in [-0.2, -0.15) is 0 Å². The molecule has 6 nitrogen and oxygen atoms in total. The van der Waals surface area contributed by atoms with E-state index in [0.717, 1.165) is 33.8 Å². The molecule has 0 saturated carbocycles. The number of carbonyl (C=O) groups excluding carboxylic acids is 1. The Morgan fingerprint density at radius 3 is 2.40 bits per heavy atom. The van der Waals surface area contributed by atoms with Crippen LogP contribution in [0, 0.1) is 19.7 Å². The summed E-state index contributed by atoms with van der Waals surface area (Å²) in [5.74, 6) is -1.86. The van der Waals surface area contributed by atoms with Gasteiger partial charge in [0.25, 0.3) is 5.91 Å². The lowest BCUT2D eigenvalue weighted by Crippen LogP contribution is -2.26. The molecule has 0 radical (unpaired) electrons. The van der Waals surface area contributed by atoms with E-state index in [0.29, 0.717) is 23.6 Å². The van der Waals surface area contributed by atoms with Crippen LogP contribution in [-0.2, 0) is 11.3 Å². The van der Waals surface area contributed by atoms with Crippen molar-refractivity contribution in [3.05, 3.63) is 98.9 Å². The Hall–Kier alpha value is -3.84. The Morgan fingerprint density at radius 1 is 1.02 bits per heavy atom. The fourth-order valence-corrected chi connectivity index (χ4v) is 4.95. The summed E-state index contributed by atoms with van der Waals surface area (Å²) >= 11 is 6.38. The number of aryl methyl sites for hydroxylation is 1. The Labute approximate surface area is 238 Å². The SMILES string of the molecule is Cc1c(C)n(Cc2cc(O[C@@H](C)C(=O)O)c(F)cc2Cl)c2ccc(C(=O)N[C@@H](C)c3cccc(C(C)C)c3)cc12. The summed E-state index contributed by atoms with van der Waals surface area (Å²) in [6.07, 6.45) is -1.22. The van der Waals surface area contributed by atoms with E-state index < -0.39 is 17.9 Å². The van der Waals surface area contributed by atoms with Crippen LogP contribution in [0.1, 0.15) is 78.0 Å². The molecule has 40 heavy (non-hydrogen) atoms. The smallest absolute Gasteiger partial charge is 0.344 e. The number of amides is 1. The number of nitrogens with one attached hydrogen (secondary N) is 1. The molecule has 2 N–H and O–H groups in total. The fourth-order valence-electron chi connectivity index (χ4n) is 4.74. The molecule has 0 saturated heterocycles. The van der Waals surface area contributed by atoms with Crippen molar-refractivity contribution in [3.63, 3.8) is 0 Å². The van der Waals surface area contributed by atoms with Crippen LogP contribution in [0.2, 0.25) is 5.02 Å². The molecule has 0 unspecified atom stereocenters. The summed E-state index contributed by atoms with van der Waals surface area (Å²) in [7, 11) is 0. The summed E-state index contributed by atoms with van der Waals surface area (Å²) in [5.41, 5.74) is 6.28. The van der Waals surface area contributed by atoms with Gasteiger partial charge in [-0.05, 0) is 86.2 Å². The lowest BCUT2D eigenvalue weighted by atomic mass is 9.98. The third kappa shape index (κ3) is 5.99. The third-order valence-electron chi connectivity index (χ3n) is 7.41. The largest absolute Gasteiger partial charge is 0.479 e. The molecule has 4 rings (SSSR count). The predicted octanol–water partition coefficient (Wildman–Crippen LogP) is 7.57. The maximum Gasteiger partial charge on any atom is 0.344 e. The van der Waals surface area contributed by atoms with Crippen LogP contribution in [0.3, 0.4) is 0 Å². The van der Waals surface area contributed by atoms with Crippen molar-refractivity contribution in [2.75, 3.05) is 0 Å². The molecular weight excluding hydrogens is 531 g/mol. The number of ether oxygens (including phenoxy) is 1. The van der Waals surface area contributed by atoms with Crippen molar-refractivity contribution in [1.82, 2.24) is 9.88 Å². The van der Waals surface area contributed by atoms with E-state index in [4.69, 9.17) is 21.4 Å². The van der Waals surface area contributed by atoms with Crippen molar-refractivity contribution in [2.45, 2.75) is 66.2 Å². The predicted molar refractivity (Wildman–Crippen MR) is 156 cm³/mol. The van der Waals surface area contributed by atoms with Crippen LogP contribution < -0.4 is 10.1 Å². The van der Waals surface area contributed by atoms with Gasteiger partial charge in [0.2, 0.25) is 0 Å². The topological polar surface area (TPSA) is 80.6 Å². The molecular formula is C32H34ClFN2O4. The zero-order valence-electron chi connectivity index (χ0n) is 23.5. The zero-order valence-corrected chi connectivity index (χ0v) is 24.3. The Bertz CT molecular complexity index is 1590. The molecule has 2 atom stereocenters. The average Bonchev–Trinajstić information content (AvgIpc) is 3.15. The minimum atomic E-state index is -1.22. The molecule has 0 bridgehead atoms. The van der Waals surface area contributed by atoms with Gasteiger partial charge < -0.3 is 19.7 Å². The van der Waals surface area contributed by atoms with Crippen molar-refractivity contribution in [2.24, 2.45) is 0 Å². The van der Waals surface area contributed by atoms with E-state index in [2.05, 4.69) is 31.3 Å². The summed E-state index contributed by atoms with van der Waals surface area (Å²) in [4.78, 5) is 24.4. The van der Waals surface area contributed by atoms with E-state index in [-0.39, 0.29) is 22.7 Å². The van der Waals surface area contributed by atoms with Crippen molar-refractivity contribution < 1.29 is 23.8 Å². The zero-order chi connectivity index (χ0) is 29.3. The van der Waals surface area contributed by atoms with Crippen molar-refractivity contribution in [1.29, 1.82) is 0 Å². The second kappa shape index (κ2) is 11.7. The molecule has 1 heterocycles. The van der Waals surface area contributed by atoms with Gasteiger partial charge in [-0.3, -0.25) is 4.79 Å². The van der Waals surface area contributed by atoms with Crippen LogP contribution in [0.4, 0.5) is 4.39 Å². The number of carboxylic acid groups (broad SMARTS) is 1. The fraction of sp³-hybridized carbons (Fsp3) is 0.312. The van der Waals surface area contributed by atoms with Crippen molar-refractivity contribution >= 4 is 34.4 Å². The van der Waals surface area contributed by atoms with E-state index in [1.165, 1.54) is 18.6 Å². The number of carbonyl (C=O) groups is 2. The lowest BCUT2D eigenvalue weighted by Gasteiger charge is -2.17. The van der Waals surface area contributed by atoms with Gasteiger partial charge >= 0.3 is 5.97 Å². The maximum absolute atomic E-state index is 14.5. The molecule has 0 aliphatic rings. The number of rotatable bonds is 9. The number of aromatic nitrogens is 1. The van der Waals surface area contributed by atoms with Crippen LogP contribution in [-0.4, -0.2) is 27.7 Å².